The number of aromatic nitrogens is 2. The van der Waals surface area contributed by atoms with Crippen LogP contribution < -0.4 is 10.1 Å². The van der Waals surface area contributed by atoms with Crippen LogP contribution in [-0.4, -0.2) is 28.1 Å². The lowest BCUT2D eigenvalue weighted by Gasteiger charge is -2.18. The molecular formula is C29H26N4O2. The largest absolute Gasteiger partial charge is 0.488 e. The third kappa shape index (κ3) is 5.86. The molecule has 35 heavy (non-hydrogen) atoms. The van der Waals surface area contributed by atoms with E-state index < -0.39 is 0 Å². The number of nitrogens with one attached hydrogen (secondary N) is 1. The molecule has 6 heteroatoms. The average molecular weight is 463 g/mol. The van der Waals surface area contributed by atoms with E-state index in [9.17, 15) is 4.79 Å². The molecule has 0 bridgehead atoms. The van der Waals surface area contributed by atoms with Crippen molar-refractivity contribution in [1.29, 1.82) is 0 Å². The number of pyridine rings is 2. The Morgan fingerprint density at radius 2 is 1.63 bits per heavy atom. The molecule has 174 valence electrons. The van der Waals surface area contributed by atoms with Gasteiger partial charge in [0.25, 0.3) is 0 Å². The van der Waals surface area contributed by atoms with Gasteiger partial charge in [-0.2, -0.15) is 0 Å². The van der Waals surface area contributed by atoms with Crippen molar-refractivity contribution in [2.45, 2.75) is 25.9 Å². The van der Waals surface area contributed by atoms with E-state index >= 15 is 0 Å². The predicted molar refractivity (Wildman–Crippen MR) is 136 cm³/mol. The highest BCUT2D eigenvalue weighted by Gasteiger charge is 2.23. The first-order valence-corrected chi connectivity index (χ1v) is 11.7. The molecule has 1 N–H and O–H groups in total. The summed E-state index contributed by atoms with van der Waals surface area (Å²) in [6, 6.07) is 24.1. The van der Waals surface area contributed by atoms with Gasteiger partial charge in [-0.05, 0) is 47.4 Å². The van der Waals surface area contributed by atoms with Crippen LogP contribution in [0.4, 0.5) is 5.69 Å². The van der Waals surface area contributed by atoms with Gasteiger partial charge in [0.05, 0.1) is 23.5 Å². The molecule has 2 aromatic carbocycles. The molecule has 1 aliphatic rings. The Balaban J connectivity index is 1.23. The molecule has 0 aliphatic carbocycles. The third-order valence-electron chi connectivity index (χ3n) is 5.86. The van der Waals surface area contributed by atoms with Crippen LogP contribution in [-0.2, 0) is 19.5 Å². The monoisotopic (exact) mass is 462 g/mol. The molecule has 0 atom stereocenters. The first kappa shape index (κ1) is 22.6. The number of nitrogens with zero attached hydrogens (tertiary/aromatic N) is 3. The molecule has 2 aromatic heterocycles. The number of ether oxygens (including phenoxy) is 1. The summed E-state index contributed by atoms with van der Waals surface area (Å²) in [6.45, 7) is 1.43. The van der Waals surface area contributed by atoms with Gasteiger partial charge in [0, 0.05) is 37.2 Å². The maximum Gasteiger partial charge on any atom is 0.170 e. The van der Waals surface area contributed by atoms with Gasteiger partial charge in [0.15, 0.2) is 5.78 Å². The fourth-order valence-corrected chi connectivity index (χ4v) is 4.07. The predicted octanol–water partition coefficient (Wildman–Crippen LogP) is 5.10. The molecule has 0 unspecified atom stereocenters. The molecule has 0 saturated carbocycles. The summed E-state index contributed by atoms with van der Waals surface area (Å²) in [5.41, 5.74) is 6.29. The van der Waals surface area contributed by atoms with Crippen LogP contribution in [0.25, 0.3) is 0 Å². The highest BCUT2D eigenvalue weighted by Crippen LogP contribution is 2.29. The van der Waals surface area contributed by atoms with E-state index in [1.54, 1.807) is 18.5 Å². The smallest absolute Gasteiger partial charge is 0.170 e. The molecule has 6 nitrogen and oxygen atoms in total. The van der Waals surface area contributed by atoms with Gasteiger partial charge >= 0.3 is 0 Å². The Labute approximate surface area is 204 Å². The quantitative estimate of drug-likeness (QED) is 0.375. The van der Waals surface area contributed by atoms with E-state index in [2.05, 4.69) is 51.7 Å². The molecule has 1 aliphatic heterocycles. The van der Waals surface area contributed by atoms with E-state index in [0.29, 0.717) is 30.1 Å². The lowest BCUT2D eigenvalue weighted by atomic mass is 10.00. The summed E-state index contributed by atoms with van der Waals surface area (Å²) in [4.78, 5) is 26.2. The fraction of sp³-hybridized carbons (Fsp3) is 0.172. The Hall–Kier alpha value is -4.16. The van der Waals surface area contributed by atoms with Gasteiger partial charge < -0.3 is 10.1 Å². The van der Waals surface area contributed by atoms with Gasteiger partial charge in [0.1, 0.15) is 12.4 Å². The van der Waals surface area contributed by atoms with Crippen LogP contribution in [0.3, 0.4) is 0 Å². The SMILES string of the molecule is O=C1CC(COc2ccc(Cc3ccccc3)cc2)=Nc2c1ccnc2CNCc1cccnc1. The van der Waals surface area contributed by atoms with Gasteiger partial charge in [-0.15, -0.1) is 0 Å². The second-order valence-corrected chi connectivity index (χ2v) is 8.49. The maximum absolute atomic E-state index is 12.8. The zero-order valence-corrected chi connectivity index (χ0v) is 19.4. The maximum atomic E-state index is 12.8. The zero-order chi connectivity index (χ0) is 23.9. The second-order valence-electron chi connectivity index (χ2n) is 8.49. The minimum absolute atomic E-state index is 0.0442. The highest BCUT2D eigenvalue weighted by molar-refractivity contribution is 6.16. The normalized spacial score (nSPS) is 12.7. The summed E-state index contributed by atoms with van der Waals surface area (Å²) in [7, 11) is 0. The molecular weight excluding hydrogens is 436 g/mol. The van der Waals surface area contributed by atoms with Crippen molar-refractivity contribution < 1.29 is 9.53 Å². The Morgan fingerprint density at radius 3 is 2.43 bits per heavy atom. The molecule has 5 rings (SSSR count). The van der Waals surface area contributed by atoms with E-state index in [4.69, 9.17) is 9.73 Å². The lowest BCUT2D eigenvalue weighted by Crippen LogP contribution is -2.21. The molecule has 0 fully saturated rings. The summed E-state index contributed by atoms with van der Waals surface area (Å²) in [5, 5.41) is 3.36. The summed E-state index contributed by atoms with van der Waals surface area (Å²) in [6.07, 6.45) is 6.38. The number of ketones is 1. The van der Waals surface area contributed by atoms with E-state index in [0.717, 1.165) is 23.4 Å². The number of hydrogen-bond donors (Lipinski definition) is 1. The number of benzene rings is 2. The van der Waals surface area contributed by atoms with Crippen molar-refractivity contribution in [2.75, 3.05) is 6.61 Å². The Kier molecular flexibility index (Phi) is 7.01. The van der Waals surface area contributed by atoms with Crippen LogP contribution >= 0.6 is 0 Å². The number of carbonyl (C=O) groups excluding carboxylic acids is 1. The van der Waals surface area contributed by atoms with Crippen LogP contribution in [0.2, 0.25) is 0 Å². The lowest BCUT2D eigenvalue weighted by molar-refractivity contribution is 0.0998. The van der Waals surface area contributed by atoms with Crippen molar-refractivity contribution in [2.24, 2.45) is 4.99 Å². The molecule has 0 spiro atoms. The number of carbonyl (C=O) groups is 1. The molecule has 0 saturated heterocycles. The highest BCUT2D eigenvalue weighted by atomic mass is 16.5. The summed E-state index contributed by atoms with van der Waals surface area (Å²) >= 11 is 0. The first-order valence-electron chi connectivity index (χ1n) is 11.7. The van der Waals surface area contributed by atoms with Crippen LogP contribution in [0, 0.1) is 0 Å². The van der Waals surface area contributed by atoms with Crippen LogP contribution in [0.5, 0.6) is 5.75 Å². The van der Waals surface area contributed by atoms with E-state index in [1.807, 2.05) is 36.5 Å². The third-order valence-corrected chi connectivity index (χ3v) is 5.86. The first-order chi connectivity index (χ1) is 17.2. The molecule has 0 radical (unpaired) electrons. The molecule has 3 heterocycles. The second kappa shape index (κ2) is 10.8. The standard InChI is InChI=1S/C29H26N4O2/c34-28-16-24(20-35-25-10-8-22(9-11-25)15-21-5-2-1-3-6-21)33-29-26(28)12-14-32-27(29)19-31-18-23-7-4-13-30-17-23/h1-14,17,31H,15-16,18-20H2. The van der Waals surface area contributed by atoms with Gasteiger partial charge in [0.2, 0.25) is 0 Å². The zero-order valence-electron chi connectivity index (χ0n) is 19.4. The fourth-order valence-electron chi connectivity index (χ4n) is 4.07. The van der Waals surface area contributed by atoms with Gasteiger partial charge in [-0.25, -0.2) is 0 Å². The van der Waals surface area contributed by atoms with Gasteiger partial charge in [-0.1, -0.05) is 48.5 Å². The number of hydrogen-bond acceptors (Lipinski definition) is 6. The van der Waals surface area contributed by atoms with E-state index in [1.165, 1.54) is 11.1 Å². The number of fused-ring (bicyclic) bond motifs is 1. The minimum Gasteiger partial charge on any atom is -0.488 e. The van der Waals surface area contributed by atoms with E-state index in [-0.39, 0.29) is 18.8 Å². The summed E-state index contributed by atoms with van der Waals surface area (Å²) in [5.74, 6) is 0.801. The Bertz CT molecular complexity index is 1320. The van der Waals surface area contributed by atoms with Crippen LogP contribution in [0.1, 0.15) is 39.2 Å². The average Bonchev–Trinajstić information content (AvgIpc) is 2.90. The van der Waals surface area contributed by atoms with Gasteiger partial charge in [-0.3, -0.25) is 19.8 Å². The number of rotatable bonds is 9. The van der Waals surface area contributed by atoms with Crippen molar-refractivity contribution in [3.05, 3.63) is 119 Å². The number of Topliss-reactive ketones (excluding diaryl/α,β-unsaturated/α-hetero) is 1. The van der Waals surface area contributed by atoms with Crippen molar-refractivity contribution in [3.8, 4) is 5.75 Å². The minimum atomic E-state index is 0.0442. The van der Waals surface area contributed by atoms with Crippen molar-refractivity contribution >= 4 is 17.2 Å². The number of aliphatic imine (C=N–C) groups is 1. The molecule has 0 amide bonds. The Morgan fingerprint density at radius 1 is 0.829 bits per heavy atom. The topological polar surface area (TPSA) is 76.5 Å². The van der Waals surface area contributed by atoms with Crippen molar-refractivity contribution in [3.63, 3.8) is 0 Å². The summed E-state index contributed by atoms with van der Waals surface area (Å²) < 4.78 is 5.97. The molecule has 4 aromatic rings. The van der Waals surface area contributed by atoms with Crippen molar-refractivity contribution in [1.82, 2.24) is 15.3 Å². The van der Waals surface area contributed by atoms with Crippen LogP contribution in [0.15, 0.2) is 96.4 Å².